The summed E-state index contributed by atoms with van der Waals surface area (Å²) >= 11 is 0. The van der Waals surface area contributed by atoms with Gasteiger partial charge in [-0.3, -0.25) is 4.72 Å². The Kier molecular flexibility index (Phi) is 3.88. The summed E-state index contributed by atoms with van der Waals surface area (Å²) in [7, 11) is -1.87. The third-order valence-corrected chi connectivity index (χ3v) is 4.31. The van der Waals surface area contributed by atoms with Crippen LogP contribution in [0.2, 0.25) is 0 Å². The Hall–Kier alpha value is -2.86. The molecule has 1 aromatic rings. The Balaban J connectivity index is 2.80. The average molecular weight is 322 g/mol. The van der Waals surface area contributed by atoms with Crippen LogP contribution in [0, 0.1) is 6.57 Å². The number of carbonyl (C=O) groups is 2. The molecule has 0 spiro atoms. The molecule has 0 radical (unpaired) electrons. The van der Waals surface area contributed by atoms with Crippen molar-refractivity contribution in [1.82, 2.24) is 4.72 Å². The first-order valence-corrected chi connectivity index (χ1v) is 7.29. The summed E-state index contributed by atoms with van der Waals surface area (Å²) < 4.78 is 35.3. The quantitative estimate of drug-likeness (QED) is 0.281. The number of benzene rings is 1. The standard InChI is InChI=1S/C13H10N2O6S/c1-14-7-4-5-8-9(6-7)22(18,19)15-11(8)10(12(16)20-2)13(17)21-3/h4-6,15H,2-3H3. The fourth-order valence-corrected chi connectivity index (χ4v) is 3.26. The first-order chi connectivity index (χ1) is 10.4. The molecule has 2 rings (SSSR count). The van der Waals surface area contributed by atoms with Gasteiger partial charge in [0, 0.05) is 5.56 Å². The highest BCUT2D eigenvalue weighted by atomic mass is 32.2. The van der Waals surface area contributed by atoms with Gasteiger partial charge < -0.3 is 9.47 Å². The molecule has 8 nitrogen and oxygen atoms in total. The molecular weight excluding hydrogens is 312 g/mol. The van der Waals surface area contributed by atoms with Crippen LogP contribution in [0.3, 0.4) is 0 Å². The van der Waals surface area contributed by atoms with Crippen LogP contribution >= 0.6 is 0 Å². The van der Waals surface area contributed by atoms with Crippen molar-refractivity contribution in [3.8, 4) is 0 Å². The normalized spacial score (nSPS) is 14.3. The highest BCUT2D eigenvalue weighted by Crippen LogP contribution is 2.35. The van der Waals surface area contributed by atoms with E-state index in [4.69, 9.17) is 6.57 Å². The molecule has 0 bridgehead atoms. The SMILES string of the molecule is [C-]#[N+]c1ccc2c(c1)S(=O)(=O)NC2=C(C(=O)OC)C(=O)OC. The minimum Gasteiger partial charge on any atom is -0.465 e. The van der Waals surface area contributed by atoms with Crippen LogP contribution in [0.4, 0.5) is 5.69 Å². The number of hydrogen-bond acceptors (Lipinski definition) is 6. The topological polar surface area (TPSA) is 103 Å². The van der Waals surface area contributed by atoms with Crippen molar-refractivity contribution in [2.45, 2.75) is 4.90 Å². The number of carbonyl (C=O) groups excluding carboxylic acids is 2. The molecule has 0 saturated carbocycles. The number of esters is 2. The molecule has 0 aromatic heterocycles. The second kappa shape index (κ2) is 5.50. The summed E-state index contributed by atoms with van der Waals surface area (Å²) in [5.41, 5.74) is -0.589. The van der Waals surface area contributed by atoms with Gasteiger partial charge in [-0.1, -0.05) is 12.1 Å². The van der Waals surface area contributed by atoms with E-state index in [1.54, 1.807) is 0 Å². The monoisotopic (exact) mass is 322 g/mol. The predicted octanol–water partition coefficient (Wildman–Crippen LogP) is 0.586. The minimum atomic E-state index is -3.98. The van der Waals surface area contributed by atoms with Crippen LogP contribution in [0.25, 0.3) is 10.5 Å². The molecular formula is C13H10N2O6S. The highest BCUT2D eigenvalue weighted by Gasteiger charge is 2.36. The van der Waals surface area contributed by atoms with E-state index in [9.17, 15) is 18.0 Å². The lowest BCUT2D eigenvalue weighted by Crippen LogP contribution is -2.23. The van der Waals surface area contributed by atoms with E-state index in [2.05, 4.69) is 19.0 Å². The number of methoxy groups -OCH3 is 2. The summed E-state index contributed by atoms with van der Waals surface area (Å²) in [4.78, 5) is 26.5. The minimum absolute atomic E-state index is 0.0956. The lowest BCUT2D eigenvalue weighted by atomic mass is 10.1. The number of hydrogen-bond donors (Lipinski definition) is 1. The van der Waals surface area contributed by atoms with Crippen molar-refractivity contribution in [2.75, 3.05) is 14.2 Å². The van der Waals surface area contributed by atoms with Gasteiger partial charge >= 0.3 is 11.9 Å². The van der Waals surface area contributed by atoms with Crippen molar-refractivity contribution < 1.29 is 27.5 Å². The molecule has 0 aliphatic carbocycles. The van der Waals surface area contributed by atoms with Crippen LogP contribution in [-0.4, -0.2) is 34.6 Å². The van der Waals surface area contributed by atoms with Crippen molar-refractivity contribution in [3.05, 3.63) is 40.8 Å². The van der Waals surface area contributed by atoms with E-state index < -0.39 is 27.5 Å². The molecule has 1 aliphatic rings. The third-order valence-electron chi connectivity index (χ3n) is 2.92. The van der Waals surface area contributed by atoms with E-state index in [0.29, 0.717) is 0 Å². The lowest BCUT2D eigenvalue weighted by molar-refractivity contribution is -0.143. The molecule has 1 heterocycles. The maximum absolute atomic E-state index is 12.1. The lowest BCUT2D eigenvalue weighted by Gasteiger charge is -2.07. The maximum atomic E-state index is 12.1. The third kappa shape index (κ3) is 2.40. The molecule has 1 N–H and O–H groups in total. The van der Waals surface area contributed by atoms with Gasteiger partial charge in [-0.25, -0.2) is 22.9 Å². The Morgan fingerprint density at radius 2 is 1.77 bits per heavy atom. The first-order valence-electron chi connectivity index (χ1n) is 5.81. The zero-order chi connectivity index (χ0) is 16.5. The highest BCUT2D eigenvalue weighted by molar-refractivity contribution is 7.90. The Labute approximate surface area is 126 Å². The number of ether oxygens (including phenoxy) is 2. The largest absolute Gasteiger partial charge is 0.465 e. The van der Waals surface area contributed by atoms with Gasteiger partial charge in [-0.15, -0.1) is 0 Å². The molecule has 1 aromatic carbocycles. The fourth-order valence-electron chi connectivity index (χ4n) is 1.93. The number of fused-ring (bicyclic) bond motifs is 1. The van der Waals surface area contributed by atoms with E-state index in [1.807, 2.05) is 0 Å². The van der Waals surface area contributed by atoms with E-state index in [0.717, 1.165) is 20.3 Å². The van der Waals surface area contributed by atoms with Gasteiger partial charge in [-0.2, -0.15) is 0 Å². The molecule has 0 unspecified atom stereocenters. The van der Waals surface area contributed by atoms with Gasteiger partial charge in [0.25, 0.3) is 10.0 Å². The van der Waals surface area contributed by atoms with Crippen LogP contribution in [0.15, 0.2) is 28.7 Å². The van der Waals surface area contributed by atoms with Gasteiger partial charge in [-0.05, 0) is 6.07 Å². The Bertz CT molecular complexity index is 830. The van der Waals surface area contributed by atoms with Gasteiger partial charge in [0.05, 0.1) is 31.4 Å². The van der Waals surface area contributed by atoms with Crippen LogP contribution < -0.4 is 4.72 Å². The molecule has 22 heavy (non-hydrogen) atoms. The number of sulfonamides is 1. The maximum Gasteiger partial charge on any atom is 0.347 e. The van der Waals surface area contributed by atoms with Crippen molar-refractivity contribution >= 4 is 33.3 Å². The zero-order valence-electron chi connectivity index (χ0n) is 11.5. The average Bonchev–Trinajstić information content (AvgIpc) is 2.77. The number of nitrogens with zero attached hydrogens (tertiary/aromatic N) is 1. The first kappa shape index (κ1) is 15.5. The van der Waals surface area contributed by atoms with E-state index in [1.165, 1.54) is 12.1 Å². The Morgan fingerprint density at radius 3 is 2.27 bits per heavy atom. The number of rotatable bonds is 2. The van der Waals surface area contributed by atoms with E-state index >= 15 is 0 Å². The summed E-state index contributed by atoms with van der Waals surface area (Å²) in [6.45, 7) is 6.92. The molecule has 1 aliphatic heterocycles. The zero-order valence-corrected chi connectivity index (χ0v) is 12.4. The molecule has 0 amide bonds. The molecule has 0 saturated heterocycles. The molecule has 0 fully saturated rings. The van der Waals surface area contributed by atoms with Crippen LogP contribution in [0.1, 0.15) is 5.56 Å². The summed E-state index contributed by atoms with van der Waals surface area (Å²) in [5.74, 6) is -2.07. The molecule has 114 valence electrons. The summed E-state index contributed by atoms with van der Waals surface area (Å²) in [6.07, 6.45) is 0. The van der Waals surface area contributed by atoms with Crippen molar-refractivity contribution in [1.29, 1.82) is 0 Å². The predicted molar refractivity (Wildman–Crippen MR) is 74.0 cm³/mol. The summed E-state index contributed by atoms with van der Waals surface area (Å²) in [6, 6.07) is 3.87. The Morgan fingerprint density at radius 1 is 1.18 bits per heavy atom. The second-order valence-corrected chi connectivity index (χ2v) is 5.78. The van der Waals surface area contributed by atoms with Gasteiger partial charge in [0.15, 0.2) is 11.3 Å². The van der Waals surface area contributed by atoms with Crippen LogP contribution in [0.5, 0.6) is 0 Å². The molecule has 9 heteroatoms. The van der Waals surface area contributed by atoms with Crippen LogP contribution in [-0.2, 0) is 29.1 Å². The summed E-state index contributed by atoms with van der Waals surface area (Å²) in [5, 5.41) is 0. The van der Waals surface area contributed by atoms with E-state index in [-0.39, 0.29) is 21.8 Å². The van der Waals surface area contributed by atoms with Crippen molar-refractivity contribution in [2.24, 2.45) is 0 Å². The fraction of sp³-hybridized carbons (Fsp3) is 0.154. The smallest absolute Gasteiger partial charge is 0.347 e. The van der Waals surface area contributed by atoms with Gasteiger partial charge in [0.1, 0.15) is 0 Å². The second-order valence-electron chi connectivity index (χ2n) is 4.13. The van der Waals surface area contributed by atoms with Gasteiger partial charge in [0.2, 0.25) is 0 Å². The molecule has 0 atom stereocenters. The number of nitrogens with one attached hydrogen (secondary N) is 1. The van der Waals surface area contributed by atoms with Crippen molar-refractivity contribution in [3.63, 3.8) is 0 Å².